The van der Waals surface area contributed by atoms with E-state index in [-0.39, 0.29) is 0 Å². The van der Waals surface area contributed by atoms with E-state index in [1.165, 1.54) is 24.8 Å². The van der Waals surface area contributed by atoms with Gasteiger partial charge in [-0.15, -0.1) is 0 Å². The van der Waals surface area contributed by atoms with Crippen LogP contribution in [0.3, 0.4) is 0 Å². The van der Waals surface area contributed by atoms with Crippen molar-refractivity contribution in [3.05, 3.63) is 29.8 Å². The molecule has 0 heterocycles. The first kappa shape index (κ1) is 17.0. The average Bonchev–Trinajstić information content (AvgIpc) is 2.45. The average molecular weight is 278 g/mol. The first-order valence-electron chi connectivity index (χ1n) is 7.74. The van der Waals surface area contributed by atoms with Gasteiger partial charge in [0.2, 0.25) is 0 Å². The molecule has 20 heavy (non-hydrogen) atoms. The molecule has 0 bridgehead atoms. The molecule has 1 unspecified atom stereocenters. The SMILES string of the molecule is CCCNC(CCC)CN(C)Cc1cccc(OC)c1. The number of nitrogens with one attached hydrogen (secondary N) is 1. The van der Waals surface area contributed by atoms with E-state index in [1.54, 1.807) is 7.11 Å². The van der Waals surface area contributed by atoms with Gasteiger partial charge in [-0.25, -0.2) is 0 Å². The van der Waals surface area contributed by atoms with Crippen molar-refractivity contribution in [2.75, 3.05) is 27.2 Å². The number of benzene rings is 1. The van der Waals surface area contributed by atoms with Crippen LogP contribution >= 0.6 is 0 Å². The first-order valence-corrected chi connectivity index (χ1v) is 7.74. The number of rotatable bonds is 10. The summed E-state index contributed by atoms with van der Waals surface area (Å²) in [5.74, 6) is 0.935. The van der Waals surface area contributed by atoms with Crippen molar-refractivity contribution in [1.29, 1.82) is 0 Å². The van der Waals surface area contributed by atoms with E-state index in [0.29, 0.717) is 6.04 Å². The monoisotopic (exact) mass is 278 g/mol. The number of nitrogens with zero attached hydrogens (tertiary/aromatic N) is 1. The van der Waals surface area contributed by atoms with Crippen molar-refractivity contribution in [3.8, 4) is 5.75 Å². The quantitative estimate of drug-likeness (QED) is 0.711. The molecule has 1 aromatic rings. The molecular formula is C17H30N2O. The van der Waals surface area contributed by atoms with Crippen LogP contribution in [0.1, 0.15) is 38.7 Å². The first-order chi connectivity index (χ1) is 9.69. The predicted octanol–water partition coefficient (Wildman–Crippen LogP) is 3.30. The number of hydrogen-bond acceptors (Lipinski definition) is 3. The Kier molecular flexibility index (Phi) is 8.31. The summed E-state index contributed by atoms with van der Waals surface area (Å²) in [6.07, 6.45) is 3.66. The lowest BCUT2D eigenvalue weighted by Crippen LogP contribution is -2.39. The summed E-state index contributed by atoms with van der Waals surface area (Å²) in [5, 5.41) is 3.64. The minimum absolute atomic E-state index is 0.593. The Morgan fingerprint density at radius 1 is 1.25 bits per heavy atom. The van der Waals surface area contributed by atoms with Crippen LogP contribution < -0.4 is 10.1 Å². The molecule has 0 saturated heterocycles. The lowest BCUT2D eigenvalue weighted by atomic mass is 10.1. The molecule has 0 fully saturated rings. The fourth-order valence-electron chi connectivity index (χ4n) is 2.48. The molecule has 0 aliphatic rings. The van der Waals surface area contributed by atoms with Gasteiger partial charge in [0, 0.05) is 19.1 Å². The summed E-state index contributed by atoms with van der Waals surface area (Å²) < 4.78 is 5.28. The third-order valence-electron chi connectivity index (χ3n) is 3.44. The second-order valence-corrected chi connectivity index (χ2v) is 5.49. The standard InChI is InChI=1S/C17H30N2O/c1-5-8-16(18-11-6-2)14-19(3)13-15-9-7-10-17(12-15)20-4/h7,9-10,12,16,18H,5-6,8,11,13-14H2,1-4H3. The minimum atomic E-state index is 0.593. The fraction of sp³-hybridized carbons (Fsp3) is 0.647. The van der Waals surface area contributed by atoms with Gasteiger partial charge in [0.05, 0.1) is 7.11 Å². The van der Waals surface area contributed by atoms with Gasteiger partial charge in [-0.3, -0.25) is 0 Å². The van der Waals surface area contributed by atoms with Gasteiger partial charge in [-0.05, 0) is 44.1 Å². The lowest BCUT2D eigenvalue weighted by Gasteiger charge is -2.25. The molecule has 3 heteroatoms. The Morgan fingerprint density at radius 3 is 2.70 bits per heavy atom. The minimum Gasteiger partial charge on any atom is -0.497 e. The van der Waals surface area contributed by atoms with Crippen LogP contribution in [0.25, 0.3) is 0 Å². The molecular weight excluding hydrogens is 248 g/mol. The van der Waals surface area contributed by atoms with Gasteiger partial charge < -0.3 is 15.0 Å². The molecule has 1 N–H and O–H groups in total. The van der Waals surface area contributed by atoms with E-state index >= 15 is 0 Å². The normalized spacial score (nSPS) is 12.7. The molecule has 114 valence electrons. The second kappa shape index (κ2) is 9.78. The third-order valence-corrected chi connectivity index (χ3v) is 3.44. The summed E-state index contributed by atoms with van der Waals surface area (Å²) in [7, 11) is 3.91. The van der Waals surface area contributed by atoms with Gasteiger partial charge in [0.25, 0.3) is 0 Å². The molecule has 3 nitrogen and oxygen atoms in total. The van der Waals surface area contributed by atoms with Crippen molar-refractivity contribution in [2.24, 2.45) is 0 Å². The number of hydrogen-bond donors (Lipinski definition) is 1. The number of methoxy groups -OCH3 is 1. The van der Waals surface area contributed by atoms with Gasteiger partial charge >= 0.3 is 0 Å². The maximum absolute atomic E-state index is 5.28. The van der Waals surface area contributed by atoms with E-state index in [4.69, 9.17) is 4.74 Å². The van der Waals surface area contributed by atoms with Crippen LogP contribution in [-0.4, -0.2) is 38.2 Å². The molecule has 0 aliphatic heterocycles. The Hall–Kier alpha value is -1.06. The number of likely N-dealkylation sites (N-methyl/N-ethyl adjacent to an activating group) is 1. The van der Waals surface area contributed by atoms with Crippen LogP contribution in [-0.2, 0) is 6.54 Å². The Balaban J connectivity index is 2.48. The highest BCUT2D eigenvalue weighted by Gasteiger charge is 2.10. The van der Waals surface area contributed by atoms with E-state index < -0.39 is 0 Å². The van der Waals surface area contributed by atoms with E-state index in [9.17, 15) is 0 Å². The largest absolute Gasteiger partial charge is 0.497 e. The van der Waals surface area contributed by atoms with Gasteiger partial charge in [-0.2, -0.15) is 0 Å². The zero-order valence-electron chi connectivity index (χ0n) is 13.5. The van der Waals surface area contributed by atoms with Gasteiger partial charge in [-0.1, -0.05) is 32.4 Å². The maximum Gasteiger partial charge on any atom is 0.119 e. The molecule has 0 amide bonds. The lowest BCUT2D eigenvalue weighted by molar-refractivity contribution is 0.273. The van der Waals surface area contributed by atoms with Crippen molar-refractivity contribution in [1.82, 2.24) is 10.2 Å². The molecule has 1 rings (SSSR count). The molecule has 0 aliphatic carbocycles. The zero-order valence-corrected chi connectivity index (χ0v) is 13.5. The maximum atomic E-state index is 5.28. The number of ether oxygens (including phenoxy) is 1. The highest BCUT2D eigenvalue weighted by molar-refractivity contribution is 5.28. The van der Waals surface area contributed by atoms with Crippen molar-refractivity contribution in [2.45, 2.75) is 45.7 Å². The van der Waals surface area contributed by atoms with Crippen molar-refractivity contribution in [3.63, 3.8) is 0 Å². The van der Waals surface area contributed by atoms with Gasteiger partial charge in [0.15, 0.2) is 0 Å². The summed E-state index contributed by atoms with van der Waals surface area (Å²) in [6, 6.07) is 8.92. The molecule has 1 atom stereocenters. The topological polar surface area (TPSA) is 24.5 Å². The highest BCUT2D eigenvalue weighted by atomic mass is 16.5. The summed E-state index contributed by atoms with van der Waals surface area (Å²) in [5.41, 5.74) is 1.30. The fourth-order valence-corrected chi connectivity index (χ4v) is 2.48. The smallest absolute Gasteiger partial charge is 0.119 e. The molecule has 1 aromatic carbocycles. The van der Waals surface area contributed by atoms with Crippen LogP contribution in [0.2, 0.25) is 0 Å². The van der Waals surface area contributed by atoms with Crippen LogP contribution in [0, 0.1) is 0 Å². The molecule has 0 aromatic heterocycles. The van der Waals surface area contributed by atoms with E-state index in [0.717, 1.165) is 25.4 Å². The third kappa shape index (κ3) is 6.40. The highest BCUT2D eigenvalue weighted by Crippen LogP contribution is 2.14. The molecule has 0 spiro atoms. The van der Waals surface area contributed by atoms with Gasteiger partial charge in [0.1, 0.15) is 5.75 Å². The Bertz CT molecular complexity index is 368. The predicted molar refractivity (Wildman–Crippen MR) is 86.3 cm³/mol. The Morgan fingerprint density at radius 2 is 2.05 bits per heavy atom. The second-order valence-electron chi connectivity index (χ2n) is 5.49. The van der Waals surface area contributed by atoms with Crippen LogP contribution in [0.5, 0.6) is 5.75 Å². The van der Waals surface area contributed by atoms with E-state index in [2.05, 4.69) is 49.3 Å². The molecule has 0 radical (unpaired) electrons. The Labute approximate surface area is 124 Å². The summed E-state index contributed by atoms with van der Waals surface area (Å²) >= 11 is 0. The van der Waals surface area contributed by atoms with Crippen molar-refractivity contribution < 1.29 is 4.74 Å². The van der Waals surface area contributed by atoms with Crippen molar-refractivity contribution >= 4 is 0 Å². The zero-order chi connectivity index (χ0) is 14.8. The van der Waals surface area contributed by atoms with Crippen LogP contribution in [0.15, 0.2) is 24.3 Å². The summed E-state index contributed by atoms with van der Waals surface area (Å²) in [6.45, 7) is 7.63. The molecule has 0 saturated carbocycles. The van der Waals surface area contributed by atoms with Crippen LogP contribution in [0.4, 0.5) is 0 Å². The summed E-state index contributed by atoms with van der Waals surface area (Å²) in [4.78, 5) is 2.39. The van der Waals surface area contributed by atoms with E-state index in [1.807, 2.05) is 6.07 Å².